The first-order valence-corrected chi connectivity index (χ1v) is 6.32. The van der Waals surface area contributed by atoms with Crippen molar-refractivity contribution in [2.45, 2.75) is 24.0 Å². The number of nitrogen functional groups attached to an aromatic ring is 1. The zero-order chi connectivity index (χ0) is 18.7. The molecule has 2 aromatic rings. The molecular weight excluding hydrogens is 311 g/mol. The summed E-state index contributed by atoms with van der Waals surface area (Å²) in [6, 6.07) is 0. The molecule has 0 spiro atoms. The molecule has 0 saturated carbocycles. The van der Waals surface area contributed by atoms with Crippen molar-refractivity contribution in [2.75, 3.05) is 12.3 Å². The highest BCUT2D eigenvalue weighted by Crippen LogP contribution is 2.39. The maximum absolute atomic E-state index is 14.1. The number of rotatable bonds is 2. The quantitative estimate of drug-likeness (QED) is 0.403. The van der Waals surface area contributed by atoms with Crippen molar-refractivity contribution in [3.63, 3.8) is 0 Å². The van der Waals surface area contributed by atoms with Gasteiger partial charge in [-0.1, -0.05) is 5.92 Å². The van der Waals surface area contributed by atoms with Gasteiger partial charge in [-0.15, -0.1) is 6.42 Å². The number of ether oxygens (including phenoxy) is 1. The van der Waals surface area contributed by atoms with Crippen LogP contribution in [0.15, 0.2) is 11.0 Å². The van der Waals surface area contributed by atoms with Crippen LogP contribution >= 0.6 is 0 Å². The Morgan fingerprint density at radius 1 is 1.74 bits per heavy atom. The number of nitrogens with two attached hydrogens (primary N) is 1. The molecule has 3 heterocycles. The van der Waals surface area contributed by atoms with Gasteiger partial charge < -0.3 is 25.8 Å². The molecule has 1 unspecified atom stereocenters. The third kappa shape index (κ3) is 2.02. The summed E-state index contributed by atoms with van der Waals surface area (Å²) in [5.41, 5.74) is 1.65. The van der Waals surface area contributed by atoms with E-state index in [1.807, 2.05) is 5.92 Å². The minimum absolute atomic E-state index is 0.344. The maximum atomic E-state index is 14.1. The Labute approximate surface area is 130 Å². The van der Waals surface area contributed by atoms with E-state index in [-0.39, 0.29) is 11.6 Å². The fourth-order valence-corrected chi connectivity index (χ4v) is 2.54. The Morgan fingerprint density at radius 2 is 2.43 bits per heavy atom. The molecular formula is C13H13FN4O5. The normalized spacial score (nSPS) is 32.6. The Hall–Kier alpha value is -2.45. The van der Waals surface area contributed by atoms with Gasteiger partial charge in [-0.25, -0.2) is 4.39 Å². The summed E-state index contributed by atoms with van der Waals surface area (Å²) in [5, 5.41) is 29.7. The van der Waals surface area contributed by atoms with Gasteiger partial charge in [0.1, 0.15) is 17.6 Å². The monoisotopic (exact) mass is 326 g/mol. The molecule has 4 atom stereocenters. The largest absolute Gasteiger partial charge is 0.394 e. The number of halogens is 1. The number of hydrogen-bond donors (Lipinski definition) is 5. The molecule has 23 heavy (non-hydrogen) atoms. The van der Waals surface area contributed by atoms with E-state index in [2.05, 4.69) is 9.97 Å². The molecule has 2 aromatic heterocycles. The second kappa shape index (κ2) is 5.04. The van der Waals surface area contributed by atoms with Crippen LogP contribution in [0.4, 0.5) is 10.3 Å². The predicted molar refractivity (Wildman–Crippen MR) is 75.5 cm³/mol. The number of aromatic nitrogens is 3. The van der Waals surface area contributed by atoms with Gasteiger partial charge in [0.25, 0.3) is 5.56 Å². The summed E-state index contributed by atoms with van der Waals surface area (Å²) >= 11 is 0. The Kier molecular flexibility index (Phi) is 2.85. The van der Waals surface area contributed by atoms with Gasteiger partial charge in [-0.2, -0.15) is 4.98 Å². The van der Waals surface area contributed by atoms with Crippen LogP contribution < -0.4 is 11.3 Å². The number of aliphatic hydroxyl groups excluding tert-OH is 1. The van der Waals surface area contributed by atoms with E-state index in [9.17, 15) is 24.5 Å². The second-order valence-corrected chi connectivity index (χ2v) is 4.99. The van der Waals surface area contributed by atoms with Crippen molar-refractivity contribution in [2.24, 2.45) is 0 Å². The maximum Gasteiger partial charge on any atom is 0.264 e. The van der Waals surface area contributed by atoms with Gasteiger partial charge in [-0.3, -0.25) is 14.3 Å². The summed E-state index contributed by atoms with van der Waals surface area (Å²) in [6.45, 7) is -3.07. The van der Waals surface area contributed by atoms with Crippen LogP contribution in [0.25, 0.3) is 11.0 Å². The Balaban J connectivity index is 2.24. The molecule has 0 aromatic carbocycles. The Morgan fingerprint density at radius 3 is 3.04 bits per heavy atom. The minimum atomic E-state index is -3.07. The number of nitrogens with zero attached hydrogens (tertiary/aromatic N) is 2. The molecule has 0 aliphatic carbocycles. The number of terminal acetylenes is 1. The zero-order valence-electron chi connectivity index (χ0n) is 13.4. The van der Waals surface area contributed by atoms with E-state index in [1.165, 1.54) is 0 Å². The minimum Gasteiger partial charge on any atom is -0.394 e. The highest BCUT2D eigenvalue weighted by molar-refractivity contribution is 5.77. The van der Waals surface area contributed by atoms with Crippen molar-refractivity contribution in [1.29, 1.82) is 0 Å². The molecule has 1 aliphatic rings. The first-order chi connectivity index (χ1) is 11.5. The van der Waals surface area contributed by atoms with E-state index in [0.29, 0.717) is 0 Å². The van der Waals surface area contributed by atoms with Crippen LogP contribution in [0.5, 0.6) is 0 Å². The Bertz CT molecular complexity index is 949. The summed E-state index contributed by atoms with van der Waals surface area (Å²) in [6.07, 6.45) is 0.227. The number of aliphatic hydroxyl groups is 3. The molecule has 1 saturated heterocycles. The van der Waals surface area contributed by atoms with E-state index < -0.39 is 47.4 Å². The van der Waals surface area contributed by atoms with E-state index in [1.54, 1.807) is 0 Å². The molecule has 10 heteroatoms. The topological polar surface area (TPSA) is 147 Å². The molecule has 6 N–H and O–H groups in total. The SMILES string of the molecule is [2H]C([2H])(O)[C@H]1O[C@@H](n2cc(F)c3c(=O)[nH]c(N)nc32)C(O)(C#C)[C@H]1O. The van der Waals surface area contributed by atoms with Gasteiger partial charge in [0.05, 0.1) is 9.30 Å². The summed E-state index contributed by atoms with van der Waals surface area (Å²) in [7, 11) is 0. The lowest BCUT2D eigenvalue weighted by molar-refractivity contribution is -0.0720. The van der Waals surface area contributed by atoms with Crippen LogP contribution in [-0.2, 0) is 4.74 Å². The lowest BCUT2D eigenvalue weighted by Gasteiger charge is -2.26. The first-order valence-electron chi connectivity index (χ1n) is 7.32. The van der Waals surface area contributed by atoms with Crippen LogP contribution in [-0.4, -0.2) is 54.2 Å². The molecule has 122 valence electrons. The number of nitrogens with one attached hydrogen (secondary N) is 1. The van der Waals surface area contributed by atoms with E-state index in [0.717, 1.165) is 10.8 Å². The predicted octanol–water partition coefficient (Wildman–Crippen LogP) is -1.94. The highest BCUT2D eigenvalue weighted by atomic mass is 19.1. The zero-order valence-corrected chi connectivity index (χ0v) is 11.4. The summed E-state index contributed by atoms with van der Waals surface area (Å²) in [4.78, 5) is 17.7. The second-order valence-electron chi connectivity index (χ2n) is 4.99. The number of H-pyrrole nitrogens is 1. The fraction of sp³-hybridized carbons (Fsp3) is 0.385. The van der Waals surface area contributed by atoms with Crippen molar-refractivity contribution < 1.29 is 27.2 Å². The van der Waals surface area contributed by atoms with Gasteiger partial charge in [0.2, 0.25) is 5.95 Å². The van der Waals surface area contributed by atoms with Gasteiger partial charge >= 0.3 is 0 Å². The van der Waals surface area contributed by atoms with E-state index in [4.69, 9.17) is 19.6 Å². The third-order valence-corrected chi connectivity index (χ3v) is 3.66. The fourth-order valence-electron chi connectivity index (χ4n) is 2.54. The van der Waals surface area contributed by atoms with Crippen molar-refractivity contribution >= 4 is 17.0 Å². The van der Waals surface area contributed by atoms with Crippen LogP contribution in [0.3, 0.4) is 0 Å². The molecule has 0 bridgehead atoms. The molecule has 0 amide bonds. The van der Waals surface area contributed by atoms with Crippen LogP contribution in [0.1, 0.15) is 8.97 Å². The van der Waals surface area contributed by atoms with Crippen molar-refractivity contribution in [1.82, 2.24) is 14.5 Å². The van der Waals surface area contributed by atoms with Gasteiger partial charge in [-0.05, 0) is 0 Å². The van der Waals surface area contributed by atoms with Crippen LogP contribution in [0.2, 0.25) is 0 Å². The number of fused-ring (bicyclic) bond motifs is 1. The van der Waals surface area contributed by atoms with E-state index >= 15 is 0 Å². The number of anilines is 1. The lowest BCUT2D eigenvalue weighted by atomic mass is 9.95. The van der Waals surface area contributed by atoms with Crippen molar-refractivity contribution in [3.8, 4) is 12.3 Å². The average Bonchev–Trinajstić information content (AvgIpc) is 2.95. The molecule has 0 radical (unpaired) electrons. The molecule has 1 aliphatic heterocycles. The van der Waals surface area contributed by atoms with Gasteiger partial charge in [0, 0.05) is 6.20 Å². The summed E-state index contributed by atoms with van der Waals surface area (Å²) in [5.74, 6) is 0.475. The van der Waals surface area contributed by atoms with Gasteiger partial charge in [0.15, 0.2) is 23.3 Å². The average molecular weight is 326 g/mol. The lowest BCUT2D eigenvalue weighted by Crippen LogP contribution is -2.45. The first kappa shape index (κ1) is 13.0. The number of aromatic amines is 1. The molecule has 1 fully saturated rings. The smallest absolute Gasteiger partial charge is 0.264 e. The van der Waals surface area contributed by atoms with Crippen molar-refractivity contribution in [3.05, 3.63) is 22.4 Å². The third-order valence-electron chi connectivity index (χ3n) is 3.66. The van der Waals surface area contributed by atoms with Crippen LogP contribution in [0, 0.1) is 18.2 Å². The standard InChI is InChI=1S/C13H13FN4O5/c1-2-13(22)8(20)6(4-19)23-11(13)18-3-5(14)7-9(18)16-12(15)17-10(7)21/h1,3,6,8,11,19-20,22H,4H2,(H3,15,16,17,21)/t6-,8+,11-,13?/m1/s1/i4D2. The molecule has 9 nitrogen and oxygen atoms in total. The summed E-state index contributed by atoms with van der Waals surface area (Å²) < 4.78 is 34.7. The number of hydrogen-bond acceptors (Lipinski definition) is 7. The highest BCUT2D eigenvalue weighted by Gasteiger charge is 2.55. The molecule has 3 rings (SSSR count).